The molecule has 0 radical (unpaired) electrons. The van der Waals surface area contributed by atoms with Crippen molar-refractivity contribution in [2.45, 2.75) is 38.3 Å². The number of hydrogen-bond acceptors (Lipinski definition) is 5. The number of furan rings is 1. The summed E-state index contributed by atoms with van der Waals surface area (Å²) in [6, 6.07) is 11.8. The Hall–Kier alpha value is -2.57. The van der Waals surface area contributed by atoms with Crippen LogP contribution >= 0.6 is 12.4 Å². The Morgan fingerprint density at radius 3 is 2.97 bits per heavy atom. The Balaban J connectivity index is 0.00000256. The van der Waals surface area contributed by atoms with E-state index in [0.29, 0.717) is 13.0 Å². The maximum atomic E-state index is 13.4. The third-order valence-electron chi connectivity index (χ3n) is 5.57. The van der Waals surface area contributed by atoms with E-state index in [2.05, 4.69) is 10.3 Å². The molecule has 0 saturated carbocycles. The molecule has 3 heterocycles. The average molecular weight is 430 g/mol. The summed E-state index contributed by atoms with van der Waals surface area (Å²) in [6.07, 6.45) is 6.83. The van der Waals surface area contributed by atoms with Crippen molar-refractivity contribution in [2.24, 2.45) is 0 Å². The molecule has 4 rings (SSSR count). The normalized spacial score (nSPS) is 16.5. The van der Waals surface area contributed by atoms with Crippen molar-refractivity contribution in [2.75, 3.05) is 20.2 Å². The highest BCUT2D eigenvalue weighted by atomic mass is 35.5. The van der Waals surface area contributed by atoms with Crippen molar-refractivity contribution in [3.8, 4) is 5.75 Å². The van der Waals surface area contributed by atoms with Gasteiger partial charge in [0.1, 0.15) is 11.3 Å². The molecule has 1 fully saturated rings. The van der Waals surface area contributed by atoms with E-state index >= 15 is 0 Å². The fourth-order valence-electron chi connectivity index (χ4n) is 3.99. The van der Waals surface area contributed by atoms with Crippen molar-refractivity contribution < 1.29 is 13.9 Å². The summed E-state index contributed by atoms with van der Waals surface area (Å²) in [7, 11) is 1.63. The van der Waals surface area contributed by atoms with Crippen LogP contribution in [0.2, 0.25) is 0 Å². The van der Waals surface area contributed by atoms with E-state index in [0.717, 1.165) is 60.3 Å². The molecule has 7 heteroatoms. The average Bonchev–Trinajstić information content (AvgIpc) is 2.96. The zero-order valence-corrected chi connectivity index (χ0v) is 18.0. The number of carbonyl (C=O) groups excluding carboxylic acids is 1. The highest BCUT2D eigenvalue weighted by Gasteiger charge is 2.26. The molecular weight excluding hydrogens is 402 g/mol. The van der Waals surface area contributed by atoms with Crippen LogP contribution in [0, 0.1) is 0 Å². The van der Waals surface area contributed by atoms with Crippen molar-refractivity contribution in [1.29, 1.82) is 0 Å². The van der Waals surface area contributed by atoms with E-state index in [1.807, 2.05) is 41.3 Å². The first-order chi connectivity index (χ1) is 14.2. The van der Waals surface area contributed by atoms with Crippen LogP contribution in [0.5, 0.6) is 5.75 Å². The highest BCUT2D eigenvalue weighted by Crippen LogP contribution is 2.27. The number of nitrogens with one attached hydrogen (secondary N) is 1. The van der Waals surface area contributed by atoms with E-state index in [9.17, 15) is 4.79 Å². The summed E-state index contributed by atoms with van der Waals surface area (Å²) >= 11 is 0. The molecule has 1 aliphatic heterocycles. The van der Waals surface area contributed by atoms with Gasteiger partial charge in [-0.05, 0) is 56.6 Å². The molecular formula is C23H28ClN3O3. The van der Waals surface area contributed by atoms with Gasteiger partial charge in [-0.25, -0.2) is 0 Å². The zero-order chi connectivity index (χ0) is 20.1. The summed E-state index contributed by atoms with van der Waals surface area (Å²) in [5.74, 6) is 0.855. The fourth-order valence-corrected chi connectivity index (χ4v) is 3.99. The van der Waals surface area contributed by atoms with Gasteiger partial charge in [0.25, 0.3) is 0 Å². The van der Waals surface area contributed by atoms with E-state index in [1.165, 1.54) is 0 Å². The van der Waals surface area contributed by atoms with E-state index < -0.39 is 0 Å². The molecule has 160 valence electrons. The third-order valence-corrected chi connectivity index (χ3v) is 5.57. The highest BCUT2D eigenvalue weighted by molar-refractivity contribution is 5.88. The van der Waals surface area contributed by atoms with Gasteiger partial charge >= 0.3 is 0 Å². The van der Waals surface area contributed by atoms with Crippen molar-refractivity contribution in [3.05, 3.63) is 60.1 Å². The zero-order valence-electron chi connectivity index (χ0n) is 17.2. The van der Waals surface area contributed by atoms with Gasteiger partial charge in [0.2, 0.25) is 5.91 Å². The maximum absolute atomic E-state index is 13.4. The molecule has 30 heavy (non-hydrogen) atoms. The Morgan fingerprint density at radius 1 is 1.27 bits per heavy atom. The minimum absolute atomic E-state index is 0. The van der Waals surface area contributed by atoms with E-state index in [4.69, 9.17) is 9.15 Å². The minimum atomic E-state index is 0. The summed E-state index contributed by atoms with van der Waals surface area (Å²) in [5, 5.41) is 4.39. The molecule has 1 unspecified atom stereocenters. The first-order valence-corrected chi connectivity index (χ1v) is 10.2. The van der Waals surface area contributed by atoms with E-state index in [1.54, 1.807) is 19.6 Å². The second kappa shape index (κ2) is 10.5. The van der Waals surface area contributed by atoms with Crippen LogP contribution in [-0.4, -0.2) is 42.0 Å². The Labute approximate surface area is 183 Å². The minimum Gasteiger partial charge on any atom is -0.497 e. The number of methoxy groups -OCH3 is 1. The number of rotatable bonds is 6. The summed E-state index contributed by atoms with van der Waals surface area (Å²) in [4.78, 5) is 19.9. The summed E-state index contributed by atoms with van der Waals surface area (Å²) in [5.41, 5.74) is 2.56. The SMILES string of the molecule is COc1ccc2c(CC(=O)N(Cc3ccccn3)C3CCCNCC3)coc2c1.Cl. The molecule has 1 N–H and O–H groups in total. The number of fused-ring (bicyclic) bond motifs is 1. The van der Waals surface area contributed by atoms with Gasteiger partial charge in [0.05, 0.1) is 32.0 Å². The molecule has 6 nitrogen and oxygen atoms in total. The van der Waals surface area contributed by atoms with Gasteiger partial charge in [-0.1, -0.05) is 6.07 Å². The number of pyridine rings is 1. The lowest BCUT2D eigenvalue weighted by molar-refractivity contribution is -0.133. The number of amides is 1. The largest absolute Gasteiger partial charge is 0.497 e. The number of carbonyl (C=O) groups is 1. The van der Waals surface area contributed by atoms with Crippen LogP contribution in [0.4, 0.5) is 0 Å². The van der Waals surface area contributed by atoms with Gasteiger partial charge in [-0.2, -0.15) is 0 Å². The van der Waals surface area contributed by atoms with Gasteiger partial charge in [0, 0.05) is 29.3 Å². The van der Waals surface area contributed by atoms with Gasteiger partial charge in [-0.15, -0.1) is 12.4 Å². The quantitative estimate of drug-likeness (QED) is 0.642. The van der Waals surface area contributed by atoms with Gasteiger partial charge < -0.3 is 19.4 Å². The molecule has 1 aliphatic rings. The lowest BCUT2D eigenvalue weighted by Crippen LogP contribution is -2.41. The van der Waals surface area contributed by atoms with Crippen LogP contribution in [0.25, 0.3) is 11.0 Å². The third kappa shape index (κ3) is 5.12. The van der Waals surface area contributed by atoms with E-state index in [-0.39, 0.29) is 24.4 Å². The molecule has 1 saturated heterocycles. The van der Waals surface area contributed by atoms with Gasteiger partial charge in [0.15, 0.2) is 0 Å². The number of ether oxygens (including phenoxy) is 1. The first kappa shape index (κ1) is 22.1. The van der Waals surface area contributed by atoms with Crippen molar-refractivity contribution in [3.63, 3.8) is 0 Å². The molecule has 0 bridgehead atoms. The predicted molar refractivity (Wildman–Crippen MR) is 119 cm³/mol. The molecule has 0 aliphatic carbocycles. The molecule has 1 atom stereocenters. The second-order valence-electron chi connectivity index (χ2n) is 7.48. The smallest absolute Gasteiger partial charge is 0.227 e. The molecule has 1 amide bonds. The molecule has 2 aromatic heterocycles. The number of nitrogens with zero attached hydrogens (tertiary/aromatic N) is 2. The molecule has 3 aromatic rings. The van der Waals surface area contributed by atoms with Crippen LogP contribution in [0.3, 0.4) is 0 Å². The number of benzene rings is 1. The van der Waals surface area contributed by atoms with Crippen LogP contribution < -0.4 is 10.1 Å². The summed E-state index contributed by atoms with van der Waals surface area (Å²) in [6.45, 7) is 2.48. The van der Waals surface area contributed by atoms with Crippen LogP contribution in [0.1, 0.15) is 30.5 Å². The monoisotopic (exact) mass is 429 g/mol. The maximum Gasteiger partial charge on any atom is 0.227 e. The van der Waals surface area contributed by atoms with Crippen molar-refractivity contribution >= 4 is 29.3 Å². The summed E-state index contributed by atoms with van der Waals surface area (Å²) < 4.78 is 10.9. The Bertz CT molecular complexity index is 953. The van der Waals surface area contributed by atoms with Crippen LogP contribution in [0.15, 0.2) is 53.3 Å². The topological polar surface area (TPSA) is 67.6 Å². The number of aromatic nitrogens is 1. The lowest BCUT2D eigenvalue weighted by atomic mass is 10.0. The molecule has 1 aromatic carbocycles. The Kier molecular flexibility index (Phi) is 7.71. The lowest BCUT2D eigenvalue weighted by Gasteiger charge is -2.31. The predicted octanol–water partition coefficient (Wildman–Crippen LogP) is 3.97. The van der Waals surface area contributed by atoms with Gasteiger partial charge in [-0.3, -0.25) is 9.78 Å². The Morgan fingerprint density at radius 2 is 2.17 bits per heavy atom. The molecule has 0 spiro atoms. The number of halogens is 1. The van der Waals surface area contributed by atoms with Crippen LogP contribution in [-0.2, 0) is 17.8 Å². The second-order valence-corrected chi connectivity index (χ2v) is 7.48. The first-order valence-electron chi connectivity index (χ1n) is 10.2. The van der Waals surface area contributed by atoms with Crippen molar-refractivity contribution in [1.82, 2.24) is 15.2 Å². The standard InChI is InChI=1S/C23H27N3O3.ClH/c1-28-20-7-8-21-17(16-29-22(21)14-20)13-23(27)26(15-18-5-2-3-11-25-18)19-6-4-10-24-12-9-19;/h2-3,5,7-8,11,14,16,19,24H,4,6,9-10,12-13,15H2,1H3;1H. The number of hydrogen-bond donors (Lipinski definition) is 1. The fraction of sp³-hybridized carbons (Fsp3) is 0.391.